The van der Waals surface area contributed by atoms with Crippen molar-refractivity contribution < 1.29 is 0 Å². The van der Waals surface area contributed by atoms with E-state index >= 15 is 0 Å². The van der Waals surface area contributed by atoms with Gasteiger partial charge in [-0.25, -0.2) is 4.98 Å². The molecule has 0 aliphatic carbocycles. The molecule has 0 saturated carbocycles. The highest BCUT2D eigenvalue weighted by Crippen LogP contribution is 2.26. The molecule has 0 bridgehead atoms. The van der Waals surface area contributed by atoms with Crippen molar-refractivity contribution in [3.63, 3.8) is 0 Å². The molecule has 0 aliphatic rings. The van der Waals surface area contributed by atoms with E-state index in [-0.39, 0.29) is 0 Å². The van der Waals surface area contributed by atoms with Crippen LogP contribution in [-0.4, -0.2) is 4.98 Å². The topological polar surface area (TPSA) is 24.9 Å². The molecule has 1 aromatic carbocycles. The molecule has 0 saturated heterocycles. The zero-order valence-corrected chi connectivity index (χ0v) is 11.3. The van der Waals surface area contributed by atoms with Crippen LogP contribution in [0.3, 0.4) is 0 Å². The lowest BCUT2D eigenvalue weighted by molar-refractivity contribution is 0.782. The number of rotatable bonds is 5. The summed E-state index contributed by atoms with van der Waals surface area (Å²) in [5, 5.41) is 6.98. The van der Waals surface area contributed by atoms with E-state index in [2.05, 4.69) is 22.6 Å². The summed E-state index contributed by atoms with van der Waals surface area (Å²) in [6.07, 6.45) is 3.44. The molecule has 0 fully saturated rings. The van der Waals surface area contributed by atoms with E-state index in [4.69, 9.17) is 11.6 Å². The van der Waals surface area contributed by atoms with Crippen LogP contribution in [0.25, 0.3) is 0 Å². The van der Waals surface area contributed by atoms with Crippen LogP contribution in [0.4, 0.5) is 10.8 Å². The van der Waals surface area contributed by atoms with Crippen LogP contribution in [0.5, 0.6) is 0 Å². The number of nitrogens with one attached hydrogen (secondary N) is 1. The number of hydrogen-bond donors (Lipinski definition) is 1. The molecule has 0 amide bonds. The number of benzene rings is 1. The third-order valence-corrected chi connectivity index (χ3v) is 3.59. The number of para-hydroxylation sites is 1. The molecule has 4 heteroatoms. The van der Waals surface area contributed by atoms with Crippen LogP contribution in [0.1, 0.15) is 25.5 Å². The third kappa shape index (κ3) is 3.45. The van der Waals surface area contributed by atoms with Gasteiger partial charge in [-0.15, -0.1) is 11.3 Å². The first-order valence-electron chi connectivity index (χ1n) is 5.75. The average molecular weight is 267 g/mol. The molecule has 1 N–H and O–H groups in total. The summed E-state index contributed by atoms with van der Waals surface area (Å²) < 4.78 is 0. The summed E-state index contributed by atoms with van der Waals surface area (Å²) >= 11 is 7.70. The van der Waals surface area contributed by atoms with Gasteiger partial charge >= 0.3 is 0 Å². The summed E-state index contributed by atoms with van der Waals surface area (Å²) in [5.74, 6) is 0. The minimum absolute atomic E-state index is 0.720. The van der Waals surface area contributed by atoms with E-state index in [0.29, 0.717) is 0 Å². The van der Waals surface area contributed by atoms with Crippen LogP contribution in [0.15, 0.2) is 29.6 Å². The van der Waals surface area contributed by atoms with Gasteiger partial charge in [0.15, 0.2) is 5.13 Å². The van der Waals surface area contributed by atoms with E-state index < -0.39 is 0 Å². The standard InChI is InChI=1S/C13H15ClN2S/c1-2-3-6-10-9-17-13(15-10)16-12-8-5-4-7-11(12)14/h4-5,7-9H,2-3,6H2,1H3,(H,15,16). The smallest absolute Gasteiger partial charge is 0.187 e. The normalized spacial score (nSPS) is 10.5. The molecule has 2 aromatic rings. The number of unbranched alkanes of at least 4 members (excludes halogenated alkanes) is 1. The number of aromatic nitrogens is 1. The van der Waals surface area contributed by atoms with Crippen LogP contribution in [0.2, 0.25) is 5.02 Å². The first-order valence-corrected chi connectivity index (χ1v) is 7.01. The molecule has 1 aromatic heterocycles. The van der Waals surface area contributed by atoms with E-state index in [9.17, 15) is 0 Å². The molecule has 1 heterocycles. The van der Waals surface area contributed by atoms with Gasteiger partial charge in [-0.1, -0.05) is 37.1 Å². The Morgan fingerprint density at radius 1 is 1.35 bits per heavy atom. The highest BCUT2D eigenvalue weighted by Gasteiger charge is 2.04. The van der Waals surface area contributed by atoms with Crippen molar-refractivity contribution >= 4 is 33.8 Å². The lowest BCUT2D eigenvalue weighted by Gasteiger charge is -2.03. The monoisotopic (exact) mass is 266 g/mol. The van der Waals surface area contributed by atoms with Crippen LogP contribution in [-0.2, 0) is 6.42 Å². The minimum Gasteiger partial charge on any atom is -0.330 e. The second-order valence-electron chi connectivity index (χ2n) is 3.85. The predicted octanol–water partition coefficient (Wildman–Crippen LogP) is 4.88. The molecule has 2 rings (SSSR count). The fourth-order valence-corrected chi connectivity index (χ4v) is 2.45. The van der Waals surface area contributed by atoms with Gasteiger partial charge in [-0.2, -0.15) is 0 Å². The van der Waals surface area contributed by atoms with Gasteiger partial charge in [-0.05, 0) is 25.0 Å². The molecular formula is C13H15ClN2S. The number of anilines is 2. The SMILES string of the molecule is CCCCc1csc(Nc2ccccc2Cl)n1. The van der Waals surface area contributed by atoms with Gasteiger partial charge < -0.3 is 5.32 Å². The van der Waals surface area contributed by atoms with Crippen molar-refractivity contribution in [2.24, 2.45) is 0 Å². The van der Waals surface area contributed by atoms with Gasteiger partial charge in [0.2, 0.25) is 0 Å². The lowest BCUT2D eigenvalue weighted by atomic mass is 10.2. The van der Waals surface area contributed by atoms with Crippen molar-refractivity contribution in [2.75, 3.05) is 5.32 Å². The molecule has 0 unspecified atom stereocenters. The van der Waals surface area contributed by atoms with Gasteiger partial charge in [-0.3, -0.25) is 0 Å². The lowest BCUT2D eigenvalue weighted by Crippen LogP contribution is -1.91. The number of hydrogen-bond acceptors (Lipinski definition) is 3. The predicted molar refractivity (Wildman–Crippen MR) is 75.5 cm³/mol. The zero-order chi connectivity index (χ0) is 12.1. The van der Waals surface area contributed by atoms with Crippen LogP contribution in [0, 0.1) is 0 Å². The van der Waals surface area contributed by atoms with Crippen LogP contribution < -0.4 is 5.32 Å². The maximum absolute atomic E-state index is 6.08. The van der Waals surface area contributed by atoms with Crippen LogP contribution >= 0.6 is 22.9 Å². The van der Waals surface area contributed by atoms with Gasteiger partial charge in [0, 0.05) is 5.38 Å². The quantitative estimate of drug-likeness (QED) is 0.834. The Bertz CT molecular complexity index is 482. The van der Waals surface area contributed by atoms with Crippen molar-refractivity contribution in [3.05, 3.63) is 40.4 Å². The maximum atomic E-state index is 6.08. The van der Waals surface area contributed by atoms with E-state index in [0.717, 1.165) is 28.0 Å². The zero-order valence-electron chi connectivity index (χ0n) is 9.74. The second-order valence-corrected chi connectivity index (χ2v) is 5.12. The first kappa shape index (κ1) is 12.4. The Balaban J connectivity index is 2.04. The Morgan fingerprint density at radius 3 is 2.94 bits per heavy atom. The second kappa shape index (κ2) is 6.03. The number of nitrogens with zero attached hydrogens (tertiary/aromatic N) is 1. The highest BCUT2D eigenvalue weighted by molar-refractivity contribution is 7.13. The van der Waals surface area contributed by atoms with E-state index in [1.165, 1.54) is 12.8 Å². The molecule has 0 aliphatic heterocycles. The fourth-order valence-electron chi connectivity index (χ4n) is 1.51. The van der Waals surface area contributed by atoms with Gasteiger partial charge in [0.05, 0.1) is 16.4 Å². The number of halogens is 1. The third-order valence-electron chi connectivity index (χ3n) is 2.45. The number of thiazole rings is 1. The van der Waals surface area contributed by atoms with Crippen molar-refractivity contribution in [3.8, 4) is 0 Å². The molecule has 17 heavy (non-hydrogen) atoms. The van der Waals surface area contributed by atoms with Crippen molar-refractivity contribution in [1.82, 2.24) is 4.98 Å². The minimum atomic E-state index is 0.720. The highest BCUT2D eigenvalue weighted by atomic mass is 35.5. The molecule has 0 atom stereocenters. The molecule has 2 nitrogen and oxygen atoms in total. The fraction of sp³-hybridized carbons (Fsp3) is 0.308. The first-order chi connectivity index (χ1) is 8.29. The average Bonchev–Trinajstić information content (AvgIpc) is 2.77. The largest absolute Gasteiger partial charge is 0.330 e. The molecule has 0 radical (unpaired) electrons. The summed E-state index contributed by atoms with van der Waals surface area (Å²) in [5.41, 5.74) is 2.07. The molecule has 90 valence electrons. The van der Waals surface area contributed by atoms with Gasteiger partial charge in [0.1, 0.15) is 0 Å². The Kier molecular flexibility index (Phi) is 4.40. The maximum Gasteiger partial charge on any atom is 0.187 e. The van der Waals surface area contributed by atoms with Crippen molar-refractivity contribution in [2.45, 2.75) is 26.2 Å². The molecule has 0 spiro atoms. The van der Waals surface area contributed by atoms with E-state index in [1.807, 2.05) is 24.3 Å². The molecular weight excluding hydrogens is 252 g/mol. The Hall–Kier alpha value is -1.06. The van der Waals surface area contributed by atoms with Gasteiger partial charge in [0.25, 0.3) is 0 Å². The Labute approximate surface area is 111 Å². The summed E-state index contributed by atoms with van der Waals surface area (Å²) in [4.78, 5) is 4.53. The van der Waals surface area contributed by atoms with E-state index in [1.54, 1.807) is 11.3 Å². The summed E-state index contributed by atoms with van der Waals surface area (Å²) in [6, 6.07) is 7.70. The van der Waals surface area contributed by atoms with Crippen molar-refractivity contribution in [1.29, 1.82) is 0 Å². The number of aryl methyl sites for hydroxylation is 1. The summed E-state index contributed by atoms with van der Waals surface area (Å²) in [6.45, 7) is 2.19. The Morgan fingerprint density at radius 2 is 2.18 bits per heavy atom. The summed E-state index contributed by atoms with van der Waals surface area (Å²) in [7, 11) is 0.